The topological polar surface area (TPSA) is 146 Å². The summed E-state index contributed by atoms with van der Waals surface area (Å²) in [7, 11) is 1.52. The van der Waals surface area contributed by atoms with Crippen molar-refractivity contribution in [1.82, 2.24) is 14.8 Å². The highest BCUT2D eigenvalue weighted by molar-refractivity contribution is 7.88. The van der Waals surface area contributed by atoms with Crippen molar-refractivity contribution in [3.63, 3.8) is 0 Å². The first-order chi connectivity index (χ1) is 23.0. The number of likely N-dealkylation sites (N-methyl/N-ethyl adjacent to an activating group) is 2. The first kappa shape index (κ1) is 35.5. The summed E-state index contributed by atoms with van der Waals surface area (Å²) in [6, 6.07) is 27.8. The molecule has 252 valence electrons. The highest BCUT2D eigenvalue weighted by Crippen LogP contribution is 2.21. The number of ether oxygens (including phenoxy) is 2. The maximum Gasteiger partial charge on any atom is 0.330 e. The summed E-state index contributed by atoms with van der Waals surface area (Å²) in [5.41, 5.74) is 2.49. The molecule has 0 aliphatic rings. The lowest BCUT2D eigenvalue weighted by molar-refractivity contribution is -0.120. The van der Waals surface area contributed by atoms with Gasteiger partial charge in [0.25, 0.3) is 0 Å². The van der Waals surface area contributed by atoms with Crippen molar-refractivity contribution in [2.75, 3.05) is 38.1 Å². The number of nitrogens with zero attached hydrogens (tertiary/aromatic N) is 2. The van der Waals surface area contributed by atoms with E-state index in [1.54, 1.807) is 110 Å². The highest BCUT2D eigenvalue weighted by Gasteiger charge is 2.31. The van der Waals surface area contributed by atoms with Gasteiger partial charge in [0.05, 0.1) is 14.2 Å². The van der Waals surface area contributed by atoms with Crippen molar-refractivity contribution < 1.29 is 32.3 Å². The molecule has 2 atom stereocenters. The van der Waals surface area contributed by atoms with Crippen LogP contribution in [-0.2, 0) is 32.6 Å². The molecule has 4 aromatic rings. The number of anilines is 2. The lowest BCUT2D eigenvalue weighted by Gasteiger charge is -2.26. The van der Waals surface area contributed by atoms with Crippen LogP contribution < -0.4 is 34.0 Å². The Labute approximate surface area is 280 Å². The number of carbonyl (C=O) groups excluding carboxylic acids is 3. The van der Waals surface area contributed by atoms with Crippen LogP contribution >= 0.6 is 0 Å². The Morgan fingerprint density at radius 1 is 0.625 bits per heavy atom. The van der Waals surface area contributed by atoms with Crippen LogP contribution in [0, 0.1) is 0 Å². The monoisotopic (exact) mass is 673 g/mol. The minimum absolute atomic E-state index is 0.00444. The summed E-state index contributed by atoms with van der Waals surface area (Å²) in [4.78, 5) is 43.2. The van der Waals surface area contributed by atoms with Gasteiger partial charge < -0.3 is 24.6 Å². The van der Waals surface area contributed by atoms with E-state index in [0.29, 0.717) is 28.4 Å². The van der Waals surface area contributed by atoms with Crippen molar-refractivity contribution in [3.05, 3.63) is 120 Å². The van der Waals surface area contributed by atoms with E-state index in [1.165, 1.54) is 31.1 Å². The molecule has 12 nitrogen and oxygen atoms in total. The molecule has 0 aliphatic carbocycles. The Morgan fingerprint density at radius 3 is 1.44 bits per heavy atom. The fraction of sp³-hybridized carbons (Fsp3) is 0.229. The molecule has 0 bridgehead atoms. The summed E-state index contributed by atoms with van der Waals surface area (Å²) >= 11 is 0. The normalized spacial score (nSPS) is 12.2. The van der Waals surface area contributed by atoms with Crippen LogP contribution in [0.5, 0.6) is 11.5 Å². The van der Waals surface area contributed by atoms with Gasteiger partial charge in [-0.15, -0.1) is 0 Å². The second kappa shape index (κ2) is 16.4. The lowest BCUT2D eigenvalue weighted by atomic mass is 10.0. The number of amides is 4. The predicted octanol–water partition coefficient (Wildman–Crippen LogP) is 3.69. The molecule has 4 amide bonds. The third kappa shape index (κ3) is 9.80. The molecular formula is C35H39N5O7S. The highest BCUT2D eigenvalue weighted by atomic mass is 32.2. The van der Waals surface area contributed by atoms with Gasteiger partial charge in [-0.05, 0) is 66.1 Å². The molecule has 3 N–H and O–H groups in total. The van der Waals surface area contributed by atoms with E-state index in [1.807, 2.05) is 10.8 Å². The SMILES string of the molecule is COc1ccc(N(C)C(=O)[C@H](Cc2ccccc2)NC(=O)NS(=O)(=O)N[C@H](Cc2ccccc2)C(=O)N(C)c2ccc(OC)cc2)cc1. The predicted molar refractivity (Wildman–Crippen MR) is 184 cm³/mol. The van der Waals surface area contributed by atoms with E-state index in [-0.39, 0.29) is 12.8 Å². The lowest BCUT2D eigenvalue weighted by Crippen LogP contribution is -2.57. The summed E-state index contributed by atoms with van der Waals surface area (Å²) in [6.07, 6.45) is 0.0906. The van der Waals surface area contributed by atoms with Crippen LogP contribution in [-0.4, -0.2) is 66.7 Å². The Morgan fingerprint density at radius 2 is 1.02 bits per heavy atom. The van der Waals surface area contributed by atoms with Crippen LogP contribution in [0.1, 0.15) is 11.1 Å². The van der Waals surface area contributed by atoms with Crippen molar-refractivity contribution in [2.45, 2.75) is 24.9 Å². The van der Waals surface area contributed by atoms with Gasteiger partial charge in [-0.25, -0.2) is 9.52 Å². The molecule has 0 aromatic heterocycles. The zero-order valence-electron chi connectivity index (χ0n) is 27.1. The van der Waals surface area contributed by atoms with Crippen molar-refractivity contribution in [1.29, 1.82) is 0 Å². The van der Waals surface area contributed by atoms with E-state index in [0.717, 1.165) is 5.56 Å². The largest absolute Gasteiger partial charge is 0.497 e. The van der Waals surface area contributed by atoms with Crippen molar-refractivity contribution >= 4 is 39.4 Å². The number of methoxy groups -OCH3 is 2. The smallest absolute Gasteiger partial charge is 0.330 e. The molecule has 0 saturated carbocycles. The number of hydrogen-bond donors (Lipinski definition) is 3. The maximum atomic E-state index is 13.7. The third-order valence-corrected chi connectivity index (χ3v) is 8.62. The molecule has 0 radical (unpaired) electrons. The van der Waals surface area contributed by atoms with Crippen molar-refractivity contribution in [2.24, 2.45) is 0 Å². The van der Waals surface area contributed by atoms with Gasteiger partial charge >= 0.3 is 16.2 Å². The summed E-state index contributed by atoms with van der Waals surface area (Å²) in [5.74, 6) is 0.154. The quantitative estimate of drug-likeness (QED) is 0.185. The molecule has 0 heterocycles. The Kier molecular flexibility index (Phi) is 12.1. The fourth-order valence-corrected chi connectivity index (χ4v) is 5.86. The number of carbonyl (C=O) groups is 3. The summed E-state index contributed by atoms with van der Waals surface area (Å²) < 4.78 is 41.3. The van der Waals surface area contributed by atoms with Gasteiger partial charge in [-0.2, -0.15) is 13.1 Å². The van der Waals surface area contributed by atoms with Gasteiger partial charge in [-0.1, -0.05) is 60.7 Å². The second-order valence-electron chi connectivity index (χ2n) is 10.9. The van der Waals surface area contributed by atoms with Gasteiger partial charge in [0, 0.05) is 31.9 Å². The first-order valence-electron chi connectivity index (χ1n) is 15.0. The van der Waals surface area contributed by atoms with E-state index in [4.69, 9.17) is 9.47 Å². The number of benzene rings is 4. The van der Waals surface area contributed by atoms with Gasteiger partial charge in [0.2, 0.25) is 11.8 Å². The van der Waals surface area contributed by atoms with Gasteiger partial charge in [0.1, 0.15) is 23.6 Å². The third-order valence-electron chi connectivity index (χ3n) is 7.57. The van der Waals surface area contributed by atoms with Crippen LogP contribution in [0.25, 0.3) is 0 Å². The standard InChI is InChI=1S/C35H39N5O7S/c1-39(27-15-19-29(46-3)20-16-27)33(41)31(23-25-11-7-5-8-12-25)36-35(43)38-48(44,45)37-32(24-26-13-9-6-10-14-26)34(42)40(2)28-17-21-30(47-4)22-18-28/h5-22,31-32,37H,23-24H2,1-4H3,(H2,36,38,43)/t31-,32+/m0/s1. The Hall–Kier alpha value is -5.40. The second-order valence-corrected chi connectivity index (χ2v) is 12.3. The molecule has 0 fully saturated rings. The van der Waals surface area contributed by atoms with Crippen LogP contribution in [0.2, 0.25) is 0 Å². The minimum Gasteiger partial charge on any atom is -0.497 e. The number of urea groups is 1. The van der Waals surface area contributed by atoms with Crippen LogP contribution in [0.3, 0.4) is 0 Å². The summed E-state index contributed by atoms with van der Waals surface area (Å²) in [5, 5.41) is 2.51. The molecule has 0 unspecified atom stereocenters. The molecule has 0 spiro atoms. The van der Waals surface area contributed by atoms with Gasteiger partial charge in [-0.3, -0.25) is 9.59 Å². The molecule has 0 saturated heterocycles. The van der Waals surface area contributed by atoms with Crippen LogP contribution in [0.15, 0.2) is 109 Å². The van der Waals surface area contributed by atoms with E-state index in [9.17, 15) is 22.8 Å². The van der Waals surface area contributed by atoms with E-state index < -0.39 is 40.1 Å². The van der Waals surface area contributed by atoms with Crippen molar-refractivity contribution in [3.8, 4) is 11.5 Å². The maximum absolute atomic E-state index is 13.7. The average Bonchev–Trinajstić information content (AvgIpc) is 3.10. The Bertz CT molecular complexity index is 1770. The number of rotatable bonds is 14. The van der Waals surface area contributed by atoms with E-state index in [2.05, 4.69) is 10.0 Å². The molecule has 0 aliphatic heterocycles. The molecule has 48 heavy (non-hydrogen) atoms. The van der Waals surface area contributed by atoms with Crippen LogP contribution in [0.4, 0.5) is 16.2 Å². The first-order valence-corrected chi connectivity index (χ1v) is 16.5. The molecule has 13 heteroatoms. The zero-order valence-corrected chi connectivity index (χ0v) is 27.9. The Balaban J connectivity index is 1.52. The fourth-order valence-electron chi connectivity index (χ4n) is 4.94. The zero-order chi connectivity index (χ0) is 34.7. The average molecular weight is 674 g/mol. The minimum atomic E-state index is -4.61. The number of nitrogens with one attached hydrogen (secondary N) is 3. The molecule has 4 aromatic carbocycles. The molecular weight excluding hydrogens is 634 g/mol. The molecule has 4 rings (SSSR count). The van der Waals surface area contributed by atoms with E-state index >= 15 is 0 Å². The number of hydrogen-bond acceptors (Lipinski definition) is 7. The summed E-state index contributed by atoms with van der Waals surface area (Å²) in [6.45, 7) is 0. The van der Waals surface area contributed by atoms with Gasteiger partial charge in [0.15, 0.2) is 0 Å².